The van der Waals surface area contributed by atoms with Gasteiger partial charge in [-0.1, -0.05) is 42.8 Å². The highest BCUT2D eigenvalue weighted by Crippen LogP contribution is 2.22. The third-order valence-corrected chi connectivity index (χ3v) is 6.65. The van der Waals surface area contributed by atoms with Gasteiger partial charge in [0.25, 0.3) is 5.56 Å². The molecule has 0 fully saturated rings. The summed E-state index contributed by atoms with van der Waals surface area (Å²) in [5, 5.41) is 13.7. The Balaban J connectivity index is 1.70. The molecule has 7 nitrogen and oxygen atoms in total. The molecular weight excluding hydrogens is 424 g/mol. The number of H-pyrrole nitrogens is 1. The molecule has 0 aliphatic heterocycles. The molecule has 2 aromatic heterocycles. The van der Waals surface area contributed by atoms with Gasteiger partial charge < -0.3 is 4.98 Å². The summed E-state index contributed by atoms with van der Waals surface area (Å²) in [6.07, 6.45) is 0.909. The molecule has 0 spiro atoms. The van der Waals surface area contributed by atoms with Crippen LogP contribution in [0.4, 0.5) is 0 Å². The van der Waals surface area contributed by atoms with E-state index in [0.29, 0.717) is 19.6 Å². The number of aromatic amines is 1. The minimum absolute atomic E-state index is 0.0557. The largest absolute Gasteiger partial charge is 0.322 e. The first-order chi connectivity index (χ1) is 16.2. The van der Waals surface area contributed by atoms with Crippen molar-refractivity contribution < 1.29 is 0 Å². The summed E-state index contributed by atoms with van der Waals surface area (Å²) in [6.45, 7) is 14.3. The third-order valence-electron chi connectivity index (χ3n) is 6.65. The van der Waals surface area contributed by atoms with E-state index in [1.165, 1.54) is 11.1 Å². The second-order valence-electron chi connectivity index (χ2n) is 9.97. The van der Waals surface area contributed by atoms with Crippen LogP contribution >= 0.6 is 0 Å². The van der Waals surface area contributed by atoms with Crippen molar-refractivity contribution in [3.63, 3.8) is 0 Å². The van der Waals surface area contributed by atoms with Crippen LogP contribution in [0.15, 0.2) is 47.3 Å². The average Bonchev–Trinajstić information content (AvgIpc) is 3.25. The molecule has 0 bridgehead atoms. The Labute approximate surface area is 200 Å². The van der Waals surface area contributed by atoms with Crippen molar-refractivity contribution in [1.82, 2.24) is 30.1 Å². The van der Waals surface area contributed by atoms with Gasteiger partial charge in [0.15, 0.2) is 5.82 Å². The van der Waals surface area contributed by atoms with E-state index in [1.807, 2.05) is 23.7 Å². The van der Waals surface area contributed by atoms with Crippen LogP contribution < -0.4 is 5.56 Å². The number of rotatable bonds is 8. The lowest BCUT2D eigenvalue weighted by Gasteiger charge is -2.27. The smallest absolute Gasteiger partial charge is 0.252 e. The monoisotopic (exact) mass is 458 g/mol. The number of benzene rings is 2. The molecular formula is C27H34N6O. The lowest BCUT2D eigenvalue weighted by Crippen LogP contribution is -2.32. The molecule has 4 rings (SSSR count). The molecule has 0 aliphatic rings. The minimum Gasteiger partial charge on any atom is -0.322 e. The highest BCUT2D eigenvalue weighted by Gasteiger charge is 2.25. The maximum atomic E-state index is 13.0. The highest BCUT2D eigenvalue weighted by atomic mass is 16.1. The number of nitrogens with zero attached hydrogens (tertiary/aromatic N) is 5. The summed E-state index contributed by atoms with van der Waals surface area (Å²) in [5.41, 5.74) is 6.07. The molecule has 0 amide bonds. The first kappa shape index (κ1) is 23.8. The van der Waals surface area contributed by atoms with Gasteiger partial charge in [-0.05, 0) is 80.3 Å². The first-order valence-electron chi connectivity index (χ1n) is 11.8. The van der Waals surface area contributed by atoms with Gasteiger partial charge >= 0.3 is 0 Å². The van der Waals surface area contributed by atoms with Crippen LogP contribution in [-0.4, -0.2) is 30.1 Å². The van der Waals surface area contributed by atoms with Gasteiger partial charge in [0.05, 0.1) is 12.1 Å². The van der Waals surface area contributed by atoms with Gasteiger partial charge in [-0.15, -0.1) is 5.10 Å². The zero-order chi connectivity index (χ0) is 24.5. The molecule has 7 heteroatoms. The molecule has 0 saturated carbocycles. The molecule has 0 saturated heterocycles. The van der Waals surface area contributed by atoms with E-state index in [2.05, 4.69) is 90.4 Å². The third kappa shape index (κ3) is 5.09. The maximum absolute atomic E-state index is 13.0. The summed E-state index contributed by atoms with van der Waals surface area (Å²) in [5.74, 6) is 0.794. The zero-order valence-electron chi connectivity index (χ0n) is 21.0. The van der Waals surface area contributed by atoms with E-state index in [9.17, 15) is 4.79 Å². The lowest BCUT2D eigenvalue weighted by molar-refractivity contribution is 0.217. The Morgan fingerprint density at radius 1 is 0.971 bits per heavy atom. The molecule has 4 aromatic rings. The fraction of sp³-hybridized carbons (Fsp3) is 0.407. The first-order valence-corrected chi connectivity index (χ1v) is 11.8. The van der Waals surface area contributed by atoms with Crippen LogP contribution in [0.3, 0.4) is 0 Å². The zero-order valence-corrected chi connectivity index (χ0v) is 21.0. The van der Waals surface area contributed by atoms with E-state index in [-0.39, 0.29) is 11.1 Å². The standard InChI is InChI=1S/C27H34N6O/c1-7-27(5,6)33-25(29-30-31-33)17-32(15-21-10-8-18(2)9-11-21)16-22-14-23-20(4)12-19(3)13-24(23)28-26(22)34/h8-14H,7,15-17H2,1-6H3,(H,28,34). The fourth-order valence-corrected chi connectivity index (χ4v) is 4.32. The van der Waals surface area contributed by atoms with E-state index in [0.717, 1.165) is 39.8 Å². The summed E-state index contributed by atoms with van der Waals surface area (Å²) in [7, 11) is 0. The van der Waals surface area contributed by atoms with Gasteiger partial charge in [0.2, 0.25) is 0 Å². The van der Waals surface area contributed by atoms with E-state index < -0.39 is 0 Å². The summed E-state index contributed by atoms with van der Waals surface area (Å²) in [4.78, 5) is 18.4. The number of pyridine rings is 1. The molecule has 1 N–H and O–H groups in total. The average molecular weight is 459 g/mol. The Morgan fingerprint density at radius 3 is 2.41 bits per heavy atom. The fourth-order valence-electron chi connectivity index (χ4n) is 4.32. The molecule has 2 heterocycles. The van der Waals surface area contributed by atoms with Crippen molar-refractivity contribution in [2.45, 2.75) is 73.1 Å². The van der Waals surface area contributed by atoms with Gasteiger partial charge in [0, 0.05) is 29.6 Å². The van der Waals surface area contributed by atoms with E-state index >= 15 is 0 Å². The van der Waals surface area contributed by atoms with Gasteiger partial charge in [-0.2, -0.15) is 0 Å². The van der Waals surface area contributed by atoms with Crippen LogP contribution in [0.2, 0.25) is 0 Å². The predicted molar refractivity (Wildman–Crippen MR) is 136 cm³/mol. The van der Waals surface area contributed by atoms with Crippen LogP contribution in [0.1, 0.15) is 60.8 Å². The second-order valence-corrected chi connectivity index (χ2v) is 9.97. The number of nitrogens with one attached hydrogen (secondary N) is 1. The molecule has 0 unspecified atom stereocenters. The van der Waals surface area contributed by atoms with Crippen LogP contribution in [-0.2, 0) is 25.2 Å². The highest BCUT2D eigenvalue weighted by molar-refractivity contribution is 5.83. The number of hydrogen-bond acceptors (Lipinski definition) is 5. The predicted octanol–water partition coefficient (Wildman–Crippen LogP) is 4.79. The summed E-state index contributed by atoms with van der Waals surface area (Å²) < 4.78 is 1.91. The number of tetrazole rings is 1. The van der Waals surface area contributed by atoms with Crippen molar-refractivity contribution in [3.05, 3.63) is 86.5 Å². The molecule has 0 radical (unpaired) electrons. The molecule has 178 valence electrons. The van der Waals surface area contributed by atoms with Crippen molar-refractivity contribution in [3.8, 4) is 0 Å². The van der Waals surface area contributed by atoms with Gasteiger partial charge in [-0.3, -0.25) is 9.69 Å². The van der Waals surface area contributed by atoms with Crippen LogP contribution in [0.5, 0.6) is 0 Å². The van der Waals surface area contributed by atoms with E-state index in [4.69, 9.17) is 0 Å². The summed E-state index contributed by atoms with van der Waals surface area (Å²) >= 11 is 0. The normalized spacial score (nSPS) is 12.1. The maximum Gasteiger partial charge on any atom is 0.252 e. The van der Waals surface area contributed by atoms with Gasteiger partial charge in [0.1, 0.15) is 0 Å². The topological polar surface area (TPSA) is 79.7 Å². The van der Waals surface area contributed by atoms with Crippen molar-refractivity contribution in [2.24, 2.45) is 0 Å². The Morgan fingerprint density at radius 2 is 1.71 bits per heavy atom. The quantitative estimate of drug-likeness (QED) is 0.411. The van der Waals surface area contributed by atoms with Crippen LogP contribution in [0, 0.1) is 20.8 Å². The second kappa shape index (κ2) is 9.50. The molecule has 0 atom stereocenters. The van der Waals surface area contributed by atoms with Crippen molar-refractivity contribution in [1.29, 1.82) is 0 Å². The Hall–Kier alpha value is -3.32. The van der Waals surface area contributed by atoms with E-state index in [1.54, 1.807) is 0 Å². The molecule has 2 aromatic carbocycles. The number of aromatic nitrogens is 5. The van der Waals surface area contributed by atoms with Crippen LogP contribution in [0.25, 0.3) is 10.9 Å². The van der Waals surface area contributed by atoms with Crippen molar-refractivity contribution >= 4 is 10.9 Å². The Kier molecular flexibility index (Phi) is 6.66. The number of hydrogen-bond donors (Lipinski definition) is 1. The molecule has 34 heavy (non-hydrogen) atoms. The number of fused-ring (bicyclic) bond motifs is 1. The minimum atomic E-state index is -0.191. The molecule has 0 aliphatic carbocycles. The lowest BCUT2D eigenvalue weighted by atomic mass is 10.0. The SMILES string of the molecule is CCC(C)(C)n1nnnc1CN(Cc1ccc(C)cc1)Cc1cc2c(C)cc(C)cc2[nH]c1=O. The summed E-state index contributed by atoms with van der Waals surface area (Å²) in [6, 6.07) is 14.7. The number of aryl methyl sites for hydroxylation is 3. The Bertz CT molecular complexity index is 1350. The van der Waals surface area contributed by atoms with Gasteiger partial charge in [-0.25, -0.2) is 4.68 Å². The van der Waals surface area contributed by atoms with Crippen molar-refractivity contribution in [2.75, 3.05) is 0 Å².